The van der Waals surface area contributed by atoms with Gasteiger partial charge in [0.05, 0.1) is 28.3 Å². The number of H-pyrrole nitrogens is 1. The van der Waals surface area contributed by atoms with Gasteiger partial charge in [-0.3, -0.25) is 9.89 Å². The highest BCUT2D eigenvalue weighted by Crippen LogP contribution is 2.43. The second-order valence-electron chi connectivity index (χ2n) is 30.4. The van der Waals surface area contributed by atoms with Gasteiger partial charge < -0.3 is 43.2 Å². The van der Waals surface area contributed by atoms with Gasteiger partial charge >= 0.3 is 0 Å². The summed E-state index contributed by atoms with van der Waals surface area (Å²) in [6, 6.07) is 57.5. The molecule has 0 unspecified atom stereocenters. The van der Waals surface area contributed by atoms with E-state index < -0.39 is 0 Å². The lowest BCUT2D eigenvalue weighted by molar-refractivity contribution is -0.114. The van der Waals surface area contributed by atoms with Gasteiger partial charge in [-0.25, -0.2) is 4.98 Å². The molecule has 1 amide bonds. The fraction of sp³-hybridized carbons (Fsp3) is 0.293. The lowest BCUT2D eigenvalue weighted by atomic mass is 10.00. The van der Waals surface area contributed by atoms with Crippen LogP contribution in [0.2, 0.25) is 0 Å². The summed E-state index contributed by atoms with van der Waals surface area (Å²) in [5.41, 5.74) is 34.1. The summed E-state index contributed by atoms with van der Waals surface area (Å²) in [6.07, 6.45) is 20.5. The molecule has 13 heteroatoms. The van der Waals surface area contributed by atoms with E-state index in [0.29, 0.717) is 5.82 Å². The number of allylic oxidation sites excluding steroid dienone is 5. The first kappa shape index (κ1) is 70.3. The Balaban J connectivity index is 0.000000113. The maximum atomic E-state index is 11.2. The first-order chi connectivity index (χ1) is 50.9. The molecular formula is C92H100N12O. The van der Waals surface area contributed by atoms with Crippen LogP contribution in [0.3, 0.4) is 0 Å². The van der Waals surface area contributed by atoms with E-state index in [2.05, 4.69) is 299 Å². The van der Waals surface area contributed by atoms with E-state index in [1.54, 1.807) is 16.8 Å². The SMILES string of the molecule is C/C(=C\n1c2c(c3cc(C)ccc31)CN(C)CC2)c1cccc2ccccc12.C/C(=C\n1c2c(c3cc(C)ccc31)CN(C)CC2)c1cn[nH]c1.CC(=O)Nc1ccc(/C(C)=C/n2c3c(c4cc(C)ccc42)CN(C)CC3)cn1.Cc1ccc2c(c1)c1c(n2C2=C(c3ccccc3)CCC2)CCN(C)C1. The molecule has 13 nitrogen and oxygen atoms in total. The summed E-state index contributed by atoms with van der Waals surface area (Å²) >= 11 is 0. The second-order valence-corrected chi connectivity index (χ2v) is 30.4. The van der Waals surface area contributed by atoms with Crippen molar-refractivity contribution in [2.45, 2.75) is 127 Å². The van der Waals surface area contributed by atoms with Crippen molar-refractivity contribution in [1.29, 1.82) is 0 Å². The Hall–Kier alpha value is -10.4. The van der Waals surface area contributed by atoms with E-state index in [1.807, 2.05) is 30.7 Å². The molecule has 6 aromatic heterocycles. The molecule has 105 heavy (non-hydrogen) atoms. The average Bonchev–Trinajstić information content (AvgIpc) is 1.61. The third kappa shape index (κ3) is 14.4. The number of aromatic amines is 1. The number of fused-ring (bicyclic) bond motifs is 13. The first-order valence-corrected chi connectivity index (χ1v) is 37.7. The van der Waals surface area contributed by atoms with Crippen LogP contribution in [0.5, 0.6) is 0 Å². The molecule has 0 spiro atoms. The Morgan fingerprint density at radius 2 is 0.895 bits per heavy atom. The molecule has 18 rings (SSSR count). The summed E-state index contributed by atoms with van der Waals surface area (Å²) in [7, 11) is 8.85. The summed E-state index contributed by atoms with van der Waals surface area (Å²) < 4.78 is 9.83. The van der Waals surface area contributed by atoms with Crippen molar-refractivity contribution in [1.82, 2.24) is 53.0 Å². The largest absolute Gasteiger partial charge is 0.320 e. The number of hydrogen-bond donors (Lipinski definition) is 2. The molecular weight excluding hydrogens is 1290 g/mol. The Bertz CT molecular complexity index is 5560. The third-order valence-corrected chi connectivity index (χ3v) is 22.3. The maximum absolute atomic E-state index is 11.2. The van der Waals surface area contributed by atoms with Crippen LogP contribution >= 0.6 is 0 Å². The van der Waals surface area contributed by atoms with Gasteiger partial charge in [-0.1, -0.05) is 119 Å². The standard InChI is InChI=1S/C26H26N2.C24H26N2.C23H26N4O.C19H22N4/c1-18-11-12-25-23(15-18)24-17-27(3)14-13-26(24)28(25)16-19(2)21-10-6-8-20-7-4-5-9-22(20)21;1-17-11-12-23-20(15-17)21-16-25(2)14-13-24(21)26(23)22-10-6-9-19(22)18-7-4-3-5-8-18;1-15-5-7-21-19(11-15)20-14-26(4)10-9-22(20)27(21)13-16(2)18-6-8-23(24-12-18)25-17(3)28;1-13-4-5-18-16(8-13)17-12-22(3)7-6-19(17)23(18)11-14(2)15-9-20-21-10-15/h4-12,15-16H,13-14,17H2,1-3H3;3-5,7-8,11-12,15H,6,9-10,13-14,16H2,1-2H3;5-8,11-13H,9-10,14H2,1-4H3,(H,24,25,28);4-5,8-11H,6-7,12H2,1-3H3,(H,20,21)/b19-16+;;16-13+;14-11+. The number of pyridine rings is 1. The van der Waals surface area contributed by atoms with Crippen molar-refractivity contribution < 1.29 is 4.79 Å². The Morgan fingerprint density at radius 3 is 1.39 bits per heavy atom. The van der Waals surface area contributed by atoms with Gasteiger partial charge in [0.15, 0.2) is 0 Å². The first-order valence-electron chi connectivity index (χ1n) is 37.7. The van der Waals surface area contributed by atoms with Crippen LogP contribution in [0, 0.1) is 27.7 Å². The zero-order valence-corrected chi connectivity index (χ0v) is 63.5. The second kappa shape index (κ2) is 30.0. The van der Waals surface area contributed by atoms with Crippen LogP contribution in [0.25, 0.3) is 101 Å². The summed E-state index contributed by atoms with van der Waals surface area (Å²) in [5, 5.41) is 17.9. The van der Waals surface area contributed by atoms with Crippen molar-refractivity contribution in [3.63, 3.8) is 0 Å². The van der Waals surface area contributed by atoms with Crippen molar-refractivity contribution >= 4 is 113 Å². The van der Waals surface area contributed by atoms with Gasteiger partial charge in [-0.15, -0.1) is 0 Å². The molecule has 0 fully saturated rings. The monoisotopic (exact) mass is 1390 g/mol. The molecule has 0 radical (unpaired) electrons. The zero-order chi connectivity index (χ0) is 72.7. The number of nitrogens with one attached hydrogen (secondary N) is 2. The van der Waals surface area contributed by atoms with Gasteiger partial charge in [0.25, 0.3) is 0 Å². The van der Waals surface area contributed by atoms with Crippen LogP contribution in [-0.4, -0.2) is 113 Å². The predicted molar refractivity (Wildman–Crippen MR) is 441 cm³/mol. The Kier molecular flexibility index (Phi) is 20.1. The van der Waals surface area contributed by atoms with Crippen LogP contribution in [0.15, 0.2) is 176 Å². The zero-order valence-electron chi connectivity index (χ0n) is 63.5. The maximum Gasteiger partial charge on any atom is 0.222 e. The van der Waals surface area contributed by atoms with E-state index in [4.69, 9.17) is 0 Å². The number of hydrogen-bond acceptors (Lipinski definition) is 7. The van der Waals surface area contributed by atoms with Crippen molar-refractivity contribution in [2.75, 3.05) is 59.7 Å². The lowest BCUT2D eigenvalue weighted by Gasteiger charge is -2.25. The highest BCUT2D eigenvalue weighted by molar-refractivity contribution is 5.99. The molecule has 10 heterocycles. The van der Waals surface area contributed by atoms with Gasteiger partial charge in [0.1, 0.15) is 5.82 Å². The number of aryl methyl sites for hydroxylation is 4. The number of aromatic nitrogens is 7. The van der Waals surface area contributed by atoms with E-state index in [9.17, 15) is 4.79 Å². The van der Waals surface area contributed by atoms with E-state index in [-0.39, 0.29) is 5.91 Å². The van der Waals surface area contributed by atoms with E-state index >= 15 is 0 Å². The molecule has 2 N–H and O–H groups in total. The number of carbonyl (C=O) groups excluding carboxylic acids is 1. The van der Waals surface area contributed by atoms with Crippen LogP contribution in [0.1, 0.15) is 136 Å². The van der Waals surface area contributed by atoms with Crippen molar-refractivity contribution in [2.24, 2.45) is 0 Å². The molecule has 0 saturated heterocycles. The Labute approximate surface area is 619 Å². The fourth-order valence-corrected chi connectivity index (χ4v) is 16.9. The molecule has 0 atom stereocenters. The smallest absolute Gasteiger partial charge is 0.222 e. The van der Waals surface area contributed by atoms with Gasteiger partial charge in [0.2, 0.25) is 5.91 Å². The molecule has 4 aliphatic heterocycles. The van der Waals surface area contributed by atoms with E-state index in [0.717, 1.165) is 94.7 Å². The number of nitrogens with zero attached hydrogens (tertiary/aromatic N) is 10. The summed E-state index contributed by atoms with van der Waals surface area (Å²) in [6.45, 7) is 25.3. The minimum absolute atomic E-state index is 0.113. The van der Waals surface area contributed by atoms with Crippen LogP contribution in [-0.2, 0) is 56.7 Å². The molecule has 0 saturated carbocycles. The molecule has 5 aliphatic rings. The van der Waals surface area contributed by atoms with Gasteiger partial charge in [-0.2, -0.15) is 5.10 Å². The number of anilines is 1. The minimum atomic E-state index is -0.113. The number of amides is 1. The fourth-order valence-electron chi connectivity index (χ4n) is 16.9. The lowest BCUT2D eigenvalue weighted by Crippen LogP contribution is -2.27. The quantitative estimate of drug-likeness (QED) is 0.148. The van der Waals surface area contributed by atoms with Gasteiger partial charge in [-0.05, 0) is 229 Å². The summed E-state index contributed by atoms with van der Waals surface area (Å²) in [5.74, 6) is 0.463. The number of likely N-dealkylation sites (N-methyl/N-ethyl adjacent to an activating group) is 4. The normalized spacial score (nSPS) is 16.0. The number of carbonyl (C=O) groups is 1. The third-order valence-electron chi connectivity index (χ3n) is 22.3. The van der Waals surface area contributed by atoms with Crippen LogP contribution in [0.4, 0.5) is 5.82 Å². The summed E-state index contributed by atoms with van der Waals surface area (Å²) in [4.78, 5) is 25.2. The Morgan fingerprint density at radius 1 is 0.438 bits per heavy atom. The molecule has 1 aliphatic carbocycles. The highest BCUT2D eigenvalue weighted by Gasteiger charge is 2.29. The number of benzene rings is 7. The van der Waals surface area contributed by atoms with Crippen molar-refractivity contribution in [3.8, 4) is 0 Å². The van der Waals surface area contributed by atoms with E-state index in [1.165, 1.54) is 165 Å². The molecule has 7 aromatic carbocycles. The number of rotatable bonds is 9. The predicted octanol–water partition coefficient (Wildman–Crippen LogP) is 19.6. The highest BCUT2D eigenvalue weighted by atomic mass is 16.1. The average molecular weight is 1390 g/mol. The topological polar surface area (TPSA) is 103 Å². The van der Waals surface area contributed by atoms with Gasteiger partial charge in [0, 0.05) is 172 Å². The van der Waals surface area contributed by atoms with Crippen LogP contribution < -0.4 is 5.32 Å². The molecule has 534 valence electrons. The molecule has 13 aromatic rings. The van der Waals surface area contributed by atoms with Crippen molar-refractivity contribution in [3.05, 3.63) is 266 Å². The molecule has 0 bridgehead atoms. The minimum Gasteiger partial charge on any atom is -0.320 e.